The van der Waals surface area contributed by atoms with E-state index >= 15 is 0 Å². The van der Waals surface area contributed by atoms with E-state index in [1.165, 1.54) is 18.1 Å². The van der Waals surface area contributed by atoms with Gasteiger partial charge in [-0.25, -0.2) is 14.2 Å². The zero-order valence-electron chi connectivity index (χ0n) is 63.2. The standard InChI is InChI=1S/C70H110N5O34P/c1-31(2)16-15-18-32(3)19-20-34(5)23-26-69(9,10)25-14-13-17-33(4)24-27-97-42(62(91)96-12)30-99-110(94,95)109-67-57(58(108-68(72)92)70(11,93)59(107-67)60(71)89)106-64-45(74-37(8)78)48(83)55(41(102-64)29-98-65-52(87)49(84)46(81)40(28-76)101-65)104-63-44(73-36(7)77)47(82)54(35(6)100-63)103-66-53(88)50(85)51(86)56(105-66)61(90)75-43-38(79)21-22-39(43)80/h14,16,19,24-25,35,40-42,44-59,63-67,76,79,81-88,93H,5,13,15,17-18,20-23,26-30H2,1-4,6-12H3,(H2,71,89)(H2,72,92)(H,73,77)(H,74,78)(H,75,90)(H,94,95)/b25-14+,32-19+,33-24-/t35-,40-,41-,42-,44-,45-,46-,47-,48-,49+,50+,51-,52-,53-,54+,55-,56+,57-,58-,59-,63+,64+,65-,66+,67-,70+/m1/s1. The molecule has 0 aromatic rings. The van der Waals surface area contributed by atoms with E-state index in [1.807, 2.05) is 6.92 Å². The first kappa shape index (κ1) is 92.7. The number of methoxy groups -OCH3 is 1. The number of aliphatic hydroxyl groups excluding tert-OH is 10. The van der Waals surface area contributed by atoms with Crippen molar-refractivity contribution in [1.29, 1.82) is 0 Å². The molecular weight excluding hydrogens is 1490 g/mol. The van der Waals surface area contributed by atoms with Gasteiger partial charge in [-0.1, -0.05) is 73.1 Å². The summed E-state index contributed by atoms with van der Waals surface area (Å²) >= 11 is 0. The summed E-state index contributed by atoms with van der Waals surface area (Å²) in [4.78, 5) is 103. The Labute approximate surface area is 635 Å². The van der Waals surface area contributed by atoms with Crippen molar-refractivity contribution in [3.63, 3.8) is 0 Å². The Morgan fingerprint density at radius 3 is 1.89 bits per heavy atom. The number of hydrogen-bond donors (Lipinski definition) is 17. The van der Waals surface area contributed by atoms with Crippen molar-refractivity contribution < 1.29 is 165 Å². The number of carbonyl (C=O) groups is 7. The van der Waals surface area contributed by atoms with Crippen molar-refractivity contribution in [3.05, 3.63) is 70.7 Å². The number of nitrogens with two attached hydrogens (primary N) is 2. The van der Waals surface area contributed by atoms with E-state index in [9.17, 15) is 99.2 Å². The Morgan fingerprint density at radius 1 is 0.718 bits per heavy atom. The van der Waals surface area contributed by atoms with Crippen LogP contribution < -0.4 is 27.4 Å². The Bertz CT molecular complexity index is 3380. The maximum atomic E-state index is 14.2. The van der Waals surface area contributed by atoms with Gasteiger partial charge in [-0.3, -0.25) is 33.0 Å². The molecule has 5 fully saturated rings. The van der Waals surface area contributed by atoms with Crippen molar-refractivity contribution >= 4 is 49.3 Å². The number of ketones is 1. The number of nitrogens with one attached hydrogen (secondary N) is 3. The molecule has 6 rings (SSSR count). The highest BCUT2D eigenvalue weighted by Crippen LogP contribution is 2.49. The summed E-state index contributed by atoms with van der Waals surface area (Å²) < 4.78 is 94.6. The third kappa shape index (κ3) is 25.4. The molecule has 5 amide bonds. The molecule has 5 heterocycles. The van der Waals surface area contributed by atoms with Gasteiger partial charge in [0.05, 0.1) is 39.6 Å². The Balaban J connectivity index is 1.26. The fourth-order valence-corrected chi connectivity index (χ4v) is 13.6. The molecule has 0 saturated carbocycles. The van der Waals surface area contributed by atoms with Crippen molar-refractivity contribution in [2.24, 2.45) is 16.9 Å². The van der Waals surface area contributed by atoms with Crippen LogP contribution in [-0.4, -0.2) is 295 Å². The predicted octanol–water partition coefficient (Wildman–Crippen LogP) is -1.94. The molecule has 1 unspecified atom stereocenters. The number of carbonyl (C=O) groups excluding carboxylic acids is 7. The lowest BCUT2D eigenvalue weighted by atomic mass is 9.85. The highest BCUT2D eigenvalue weighted by molar-refractivity contribution is 7.47. The number of phosphoric ester groups is 1. The molecule has 110 heavy (non-hydrogen) atoms. The van der Waals surface area contributed by atoms with Gasteiger partial charge in [0.1, 0.15) is 102 Å². The topological polar surface area (TPSA) is 597 Å². The number of Topliss-reactive ketones (excluding diaryl/α,β-unsaturated/α-hetero) is 1. The molecule has 0 aromatic carbocycles. The molecule has 27 atom stereocenters. The normalized spacial score (nSPS) is 35.4. The van der Waals surface area contributed by atoms with Gasteiger partial charge in [0.25, 0.3) is 5.91 Å². The monoisotopic (exact) mass is 1600 g/mol. The van der Waals surface area contributed by atoms with Crippen molar-refractivity contribution in [1.82, 2.24) is 16.0 Å². The molecule has 5 saturated heterocycles. The van der Waals surface area contributed by atoms with Gasteiger partial charge in [0.2, 0.25) is 17.7 Å². The molecule has 40 heteroatoms. The highest BCUT2D eigenvalue weighted by atomic mass is 31.2. The van der Waals surface area contributed by atoms with E-state index in [0.29, 0.717) is 12.8 Å². The molecule has 624 valence electrons. The first-order valence-electron chi connectivity index (χ1n) is 35.8. The number of ether oxygens (including phenoxy) is 12. The predicted molar refractivity (Wildman–Crippen MR) is 376 cm³/mol. The van der Waals surface area contributed by atoms with E-state index in [1.54, 1.807) is 6.08 Å². The first-order valence-corrected chi connectivity index (χ1v) is 37.2. The number of rotatable bonds is 37. The molecule has 5 aliphatic heterocycles. The second-order valence-corrected chi connectivity index (χ2v) is 30.4. The zero-order valence-corrected chi connectivity index (χ0v) is 64.1. The third-order valence-electron chi connectivity index (χ3n) is 19.1. The van der Waals surface area contributed by atoms with Crippen LogP contribution in [0.25, 0.3) is 0 Å². The van der Waals surface area contributed by atoms with Crippen LogP contribution in [0.4, 0.5) is 4.79 Å². The van der Waals surface area contributed by atoms with Gasteiger partial charge in [0, 0.05) is 26.7 Å². The molecule has 0 spiro atoms. The third-order valence-corrected chi connectivity index (χ3v) is 20.0. The summed E-state index contributed by atoms with van der Waals surface area (Å²) in [5, 5.41) is 129. The van der Waals surface area contributed by atoms with Crippen LogP contribution in [0.1, 0.15) is 127 Å². The number of phosphoric acid groups is 1. The molecule has 19 N–H and O–H groups in total. The number of allylic oxidation sites excluding steroid dienone is 10. The van der Waals surface area contributed by atoms with E-state index in [4.69, 9.17) is 77.4 Å². The summed E-state index contributed by atoms with van der Waals surface area (Å²) in [6.07, 6.45) is -34.7. The number of esters is 1. The maximum Gasteiger partial charge on any atom is 0.474 e. The van der Waals surface area contributed by atoms with Crippen molar-refractivity contribution in [3.8, 4) is 0 Å². The average molecular weight is 1600 g/mol. The lowest BCUT2D eigenvalue weighted by Crippen LogP contribution is -2.72. The van der Waals surface area contributed by atoms with E-state index in [0.717, 1.165) is 71.1 Å². The fourth-order valence-electron chi connectivity index (χ4n) is 12.8. The molecular formula is C70H110N5O34P. The average Bonchev–Trinajstić information content (AvgIpc) is 0.959. The molecule has 1 aliphatic carbocycles. The Morgan fingerprint density at radius 2 is 1.30 bits per heavy atom. The first-order chi connectivity index (χ1) is 51.4. The second kappa shape index (κ2) is 41.2. The lowest BCUT2D eigenvalue weighted by Gasteiger charge is -2.52. The number of aliphatic hydroxyl groups is 11. The van der Waals surface area contributed by atoms with Crippen LogP contribution in [0, 0.1) is 5.41 Å². The summed E-state index contributed by atoms with van der Waals surface area (Å²) in [5.74, 6) is -7.03. The van der Waals surface area contributed by atoms with Gasteiger partial charge < -0.3 is 145 Å². The minimum atomic E-state index is -5.81. The van der Waals surface area contributed by atoms with E-state index in [2.05, 4.69) is 81.5 Å². The van der Waals surface area contributed by atoms with Crippen LogP contribution in [-0.2, 0) is 99.2 Å². The number of primary amides is 2. The van der Waals surface area contributed by atoms with Crippen LogP contribution in [0.15, 0.2) is 70.7 Å². The number of hydrogen-bond acceptors (Lipinski definition) is 33. The highest BCUT2D eigenvalue weighted by Gasteiger charge is 2.62. The quantitative estimate of drug-likeness (QED) is 0.0183. The van der Waals surface area contributed by atoms with Gasteiger partial charge in [-0.05, 0) is 91.9 Å². The van der Waals surface area contributed by atoms with Gasteiger partial charge in [-0.2, -0.15) is 0 Å². The Hall–Kier alpha value is -6.16. The Kier molecular flexibility index (Phi) is 34.7. The maximum absolute atomic E-state index is 14.2. The number of amides is 5. The summed E-state index contributed by atoms with van der Waals surface area (Å²) in [5.41, 5.74) is 12.2. The summed E-state index contributed by atoms with van der Waals surface area (Å²) in [6.45, 7) is 17.2. The largest absolute Gasteiger partial charge is 0.510 e. The van der Waals surface area contributed by atoms with Crippen LogP contribution in [0.3, 0.4) is 0 Å². The smallest absolute Gasteiger partial charge is 0.474 e. The minimum Gasteiger partial charge on any atom is -0.510 e. The van der Waals surface area contributed by atoms with E-state index in [-0.39, 0.29) is 24.9 Å². The fraction of sp³-hybridized carbons (Fsp3) is 0.729. The van der Waals surface area contributed by atoms with Gasteiger partial charge in [0.15, 0.2) is 67.8 Å². The molecule has 6 aliphatic rings. The molecule has 0 radical (unpaired) electrons. The van der Waals surface area contributed by atoms with Crippen LogP contribution in [0.2, 0.25) is 0 Å². The summed E-state index contributed by atoms with van der Waals surface area (Å²) in [7, 11) is -4.82. The van der Waals surface area contributed by atoms with Crippen molar-refractivity contribution in [2.75, 3.05) is 33.5 Å². The minimum absolute atomic E-state index is 0.125. The van der Waals surface area contributed by atoms with Gasteiger partial charge in [-0.15, -0.1) is 0 Å². The van der Waals surface area contributed by atoms with Crippen molar-refractivity contribution in [2.45, 2.75) is 286 Å². The SMILES string of the molecule is C=C(C/C=C(\C)CCC=C(C)C)CCC(C)(C)/C=C/CC/C(C)=C\CO[C@H](COP(=O)(O)O[C@H]1O[C@H](C(N)=O)[C@@](C)(O)[C@H](OC(N)=O)[C@H]1O[C@@H]1O[C@H](CO[C@@H]2O[C@H](CO)[C@@H](O)[C@H](O)[C@H]2O)[C@@H](O[C@@H]2O[C@H](C)[C@H](O[C@H]3O[C@H](C(=O)NC4=C(O)CCC4=O)[C@H](O)[C@H](O)[C@H]3O)[C@H](O)[C@H]2NC(C)=O)[C@H](O)[C@H]1NC(C)=O)C(=O)OC. The molecule has 39 nitrogen and oxygen atoms in total. The van der Waals surface area contributed by atoms with E-state index < -0.39 is 240 Å². The van der Waals surface area contributed by atoms with Crippen LogP contribution >= 0.6 is 7.82 Å². The molecule has 0 aromatic heterocycles. The van der Waals surface area contributed by atoms with Crippen LogP contribution in [0.5, 0.6) is 0 Å². The lowest BCUT2D eigenvalue weighted by molar-refractivity contribution is -0.375. The molecule has 0 bridgehead atoms. The summed E-state index contributed by atoms with van der Waals surface area (Å²) in [6, 6.07) is -3.98. The second-order valence-electron chi connectivity index (χ2n) is 29.0. The zero-order chi connectivity index (χ0) is 82.2. The van der Waals surface area contributed by atoms with Gasteiger partial charge >= 0.3 is 19.9 Å².